The normalized spacial score (nSPS) is 8.00. The van der Waals surface area contributed by atoms with Gasteiger partial charge >= 0.3 is 17.2 Å². The first-order chi connectivity index (χ1) is 3.46. The van der Waals surface area contributed by atoms with Gasteiger partial charge in [-0.05, 0) is 0 Å². The maximum Gasteiger partial charge on any atom is 0.324 e. The second kappa shape index (κ2) is 11.8. The molecule has 0 aliphatic rings. The van der Waals surface area contributed by atoms with E-state index in [1.165, 1.54) is 0 Å². The van der Waals surface area contributed by atoms with Crippen molar-refractivity contribution < 1.29 is 29.4 Å². The maximum absolute atomic E-state index is 7.23. The molecular formula is H9O6P3. The summed E-state index contributed by atoms with van der Waals surface area (Å²) in [4.78, 5) is 43.4. The minimum absolute atomic E-state index is 0. The summed E-state index contributed by atoms with van der Waals surface area (Å²) in [5.41, 5.74) is 0. The minimum atomic E-state index is -2.62. The van der Waals surface area contributed by atoms with E-state index in [0.717, 1.165) is 0 Å². The molecule has 0 saturated heterocycles. The van der Waals surface area contributed by atoms with Gasteiger partial charge in [-0.3, -0.25) is 0 Å². The third kappa shape index (κ3) is 408. The molecule has 0 aromatic heterocycles. The molecule has 0 rings (SSSR count). The highest BCUT2D eigenvalue weighted by molar-refractivity contribution is 7.38. The van der Waals surface area contributed by atoms with E-state index >= 15 is 0 Å². The van der Waals surface area contributed by atoms with Crippen LogP contribution in [0.4, 0.5) is 0 Å². The van der Waals surface area contributed by atoms with Gasteiger partial charge in [-0.1, -0.05) is 0 Å². The van der Waals surface area contributed by atoms with Crippen molar-refractivity contribution in [1.29, 1.82) is 0 Å². The van der Waals surface area contributed by atoms with E-state index in [2.05, 4.69) is 0 Å². The Morgan fingerprint density at radius 3 is 0.556 bits per heavy atom. The van der Waals surface area contributed by atoms with Crippen LogP contribution in [0.5, 0.6) is 0 Å². The molecule has 0 aromatic rings. The van der Waals surface area contributed by atoms with Crippen molar-refractivity contribution in [3.05, 3.63) is 0 Å². The molecule has 0 aliphatic heterocycles. The van der Waals surface area contributed by atoms with Crippen LogP contribution in [0, 0.1) is 0 Å². The van der Waals surface area contributed by atoms with Crippen LogP contribution in [0.25, 0.3) is 0 Å². The van der Waals surface area contributed by atoms with Crippen molar-refractivity contribution in [3.8, 4) is 0 Å². The molecule has 6 N–H and O–H groups in total. The molecule has 0 spiro atoms. The van der Waals surface area contributed by atoms with Gasteiger partial charge in [-0.2, -0.15) is 9.90 Å². The summed E-state index contributed by atoms with van der Waals surface area (Å²) >= 11 is 0. The van der Waals surface area contributed by atoms with E-state index in [-0.39, 0.29) is 9.90 Å². The standard InChI is InChI=1S/2H3O3P.H3P/c2*1-4(2)3;/h2*1-3H;1H3. The molecule has 0 aromatic carbocycles. The highest BCUT2D eigenvalue weighted by Gasteiger charge is 1.76. The van der Waals surface area contributed by atoms with Gasteiger partial charge in [0.15, 0.2) is 0 Å². The summed E-state index contributed by atoms with van der Waals surface area (Å²) in [6.45, 7) is 0. The molecule has 6 nitrogen and oxygen atoms in total. The summed E-state index contributed by atoms with van der Waals surface area (Å²) in [7, 11) is -5.24. The molecule has 0 bridgehead atoms. The predicted molar refractivity (Wildman–Crippen MR) is 38.3 cm³/mol. The molecule has 1 unspecified atom stereocenters. The lowest BCUT2D eigenvalue weighted by Crippen LogP contribution is -1.54. The van der Waals surface area contributed by atoms with E-state index in [1.54, 1.807) is 0 Å². The van der Waals surface area contributed by atoms with Gasteiger partial charge in [0.1, 0.15) is 0 Å². The number of hydrogen-bond acceptors (Lipinski definition) is 6. The summed E-state index contributed by atoms with van der Waals surface area (Å²) in [5.74, 6) is 0. The third-order valence-corrected chi connectivity index (χ3v) is 0. The van der Waals surface area contributed by atoms with Crippen LogP contribution in [-0.4, -0.2) is 29.4 Å². The molecule has 0 radical (unpaired) electrons. The van der Waals surface area contributed by atoms with Gasteiger partial charge < -0.3 is 29.4 Å². The molecule has 0 saturated carbocycles. The quantitative estimate of drug-likeness (QED) is 0.262. The summed E-state index contributed by atoms with van der Waals surface area (Å²) < 4.78 is 0. The Kier molecular flexibility index (Phi) is 21.7. The lowest BCUT2D eigenvalue weighted by Gasteiger charge is -1.76. The molecule has 60 valence electrons. The van der Waals surface area contributed by atoms with Crippen molar-refractivity contribution >= 4 is 27.1 Å². The molecule has 0 fully saturated rings. The van der Waals surface area contributed by atoms with Gasteiger partial charge in [0, 0.05) is 0 Å². The maximum atomic E-state index is 7.23. The second-order valence-electron chi connectivity index (χ2n) is 0.537. The van der Waals surface area contributed by atoms with E-state index in [9.17, 15) is 0 Å². The van der Waals surface area contributed by atoms with Gasteiger partial charge in [0.05, 0.1) is 0 Å². The van der Waals surface area contributed by atoms with E-state index in [0.29, 0.717) is 0 Å². The fourth-order valence-electron chi connectivity index (χ4n) is 0. The Hall–Kier alpha value is 1.05. The van der Waals surface area contributed by atoms with Crippen LogP contribution >= 0.6 is 27.1 Å². The van der Waals surface area contributed by atoms with Gasteiger partial charge in [-0.25, -0.2) is 0 Å². The van der Waals surface area contributed by atoms with Crippen LogP contribution in [0.3, 0.4) is 0 Å². The smallest absolute Gasteiger partial charge is 0.324 e. The number of rotatable bonds is 0. The molecular weight excluding hydrogens is 189 g/mol. The second-order valence-corrected chi connectivity index (χ2v) is 1.61. The molecule has 9 heteroatoms. The zero-order valence-electron chi connectivity index (χ0n) is 4.28. The Bertz CT molecular complexity index is 23.8. The Morgan fingerprint density at radius 1 is 0.556 bits per heavy atom. The summed E-state index contributed by atoms with van der Waals surface area (Å²) in [6.07, 6.45) is 0. The number of hydrogen-bond donors (Lipinski definition) is 6. The summed E-state index contributed by atoms with van der Waals surface area (Å²) in [6, 6.07) is 0. The van der Waals surface area contributed by atoms with Gasteiger partial charge in [-0.15, -0.1) is 0 Å². The first-order valence-corrected chi connectivity index (χ1v) is 3.60. The van der Waals surface area contributed by atoms with E-state index < -0.39 is 17.2 Å². The van der Waals surface area contributed by atoms with Crippen LogP contribution in [0.15, 0.2) is 0 Å². The van der Waals surface area contributed by atoms with Crippen LogP contribution in [0.1, 0.15) is 0 Å². The van der Waals surface area contributed by atoms with Crippen LogP contribution < -0.4 is 0 Å². The lowest BCUT2D eigenvalue weighted by molar-refractivity contribution is 0.366. The largest absolute Gasteiger partial charge is 0.328 e. The SMILES string of the molecule is OP(O)O.OP(O)O.P. The fraction of sp³-hybridized carbons (Fsp3) is 0. The van der Waals surface area contributed by atoms with Crippen molar-refractivity contribution in [2.75, 3.05) is 0 Å². The molecule has 9 heavy (non-hydrogen) atoms. The highest BCUT2D eigenvalue weighted by atomic mass is 31.2. The predicted octanol–water partition coefficient (Wildman–Crippen LogP) is -1.56. The minimum Gasteiger partial charge on any atom is -0.328 e. The Morgan fingerprint density at radius 2 is 0.556 bits per heavy atom. The molecule has 0 amide bonds. The Labute approximate surface area is 57.4 Å². The van der Waals surface area contributed by atoms with Crippen LogP contribution in [-0.2, 0) is 0 Å². The van der Waals surface area contributed by atoms with E-state index in [4.69, 9.17) is 29.4 Å². The van der Waals surface area contributed by atoms with Crippen molar-refractivity contribution in [2.45, 2.75) is 0 Å². The molecule has 1 atom stereocenters. The monoisotopic (exact) mass is 198 g/mol. The van der Waals surface area contributed by atoms with Crippen LogP contribution in [0.2, 0.25) is 0 Å². The first-order valence-electron chi connectivity index (χ1n) is 1.20. The van der Waals surface area contributed by atoms with Gasteiger partial charge in [0.2, 0.25) is 0 Å². The average molecular weight is 198 g/mol. The topological polar surface area (TPSA) is 121 Å². The third-order valence-electron chi connectivity index (χ3n) is 0. The average Bonchev–Trinajstić information content (AvgIpc) is 1.25. The molecule has 0 aliphatic carbocycles. The van der Waals surface area contributed by atoms with Crippen molar-refractivity contribution in [1.82, 2.24) is 0 Å². The molecule has 0 heterocycles. The zero-order valence-corrected chi connectivity index (χ0v) is 7.49. The lowest BCUT2D eigenvalue weighted by atomic mass is 15.8. The van der Waals surface area contributed by atoms with Crippen molar-refractivity contribution in [3.63, 3.8) is 0 Å². The van der Waals surface area contributed by atoms with E-state index in [1.807, 2.05) is 0 Å². The van der Waals surface area contributed by atoms with Crippen molar-refractivity contribution in [2.24, 2.45) is 0 Å². The van der Waals surface area contributed by atoms with Gasteiger partial charge in [0.25, 0.3) is 0 Å². The first kappa shape index (κ1) is 16.6. The zero-order chi connectivity index (χ0) is 7.15. The summed E-state index contributed by atoms with van der Waals surface area (Å²) in [5, 5.41) is 0. The highest BCUT2D eigenvalue weighted by Crippen LogP contribution is 2.12. The Balaban J connectivity index is -0.0000000720. The fourth-order valence-corrected chi connectivity index (χ4v) is 0.